The molecule has 0 bridgehead atoms. The van der Waals surface area contributed by atoms with Crippen LogP contribution in [-0.4, -0.2) is 6.41 Å². The van der Waals surface area contributed by atoms with E-state index in [1.165, 1.54) is 50.5 Å². The van der Waals surface area contributed by atoms with Gasteiger partial charge in [0.25, 0.3) is 0 Å². The molecule has 100 valence electrons. The lowest BCUT2D eigenvalue weighted by atomic mass is 10.0. The van der Waals surface area contributed by atoms with E-state index in [9.17, 15) is 4.79 Å². The summed E-state index contributed by atoms with van der Waals surface area (Å²) in [6, 6.07) is 8.06. The van der Waals surface area contributed by atoms with Gasteiger partial charge >= 0.3 is 0 Å². The summed E-state index contributed by atoms with van der Waals surface area (Å²) in [4.78, 5) is 10.5. The first kappa shape index (κ1) is 14.7. The SMILES string of the molecule is CCCCCCCCCc1ccccc1NC=O. The summed E-state index contributed by atoms with van der Waals surface area (Å²) in [6.45, 7) is 2.25. The summed E-state index contributed by atoms with van der Waals surface area (Å²) < 4.78 is 0. The normalized spacial score (nSPS) is 10.3. The number of rotatable bonds is 10. The highest BCUT2D eigenvalue weighted by Crippen LogP contribution is 2.17. The number of carbonyl (C=O) groups is 1. The highest BCUT2D eigenvalue weighted by Gasteiger charge is 2.00. The van der Waals surface area contributed by atoms with Crippen molar-refractivity contribution in [2.75, 3.05) is 5.32 Å². The molecule has 0 aliphatic rings. The largest absolute Gasteiger partial charge is 0.328 e. The zero-order valence-corrected chi connectivity index (χ0v) is 11.5. The molecular weight excluding hydrogens is 222 g/mol. The Morgan fingerprint density at radius 2 is 1.67 bits per heavy atom. The molecular formula is C16H25NO. The standard InChI is InChI=1S/C16H25NO/c1-2-3-4-5-6-7-8-11-15-12-9-10-13-16(15)17-14-18/h9-10,12-14H,2-8,11H2,1H3,(H,17,18). The zero-order valence-electron chi connectivity index (χ0n) is 11.5. The predicted octanol–water partition coefficient (Wildman–Crippen LogP) is 4.55. The summed E-state index contributed by atoms with van der Waals surface area (Å²) in [5, 5.41) is 2.76. The molecule has 2 heteroatoms. The summed E-state index contributed by atoms with van der Waals surface area (Å²) >= 11 is 0. The topological polar surface area (TPSA) is 29.1 Å². The molecule has 0 saturated heterocycles. The number of carbonyl (C=O) groups excluding carboxylic acids is 1. The van der Waals surface area contributed by atoms with E-state index in [-0.39, 0.29) is 0 Å². The monoisotopic (exact) mass is 247 g/mol. The van der Waals surface area contributed by atoms with Crippen LogP contribution in [0, 0.1) is 0 Å². The Morgan fingerprint density at radius 1 is 1.00 bits per heavy atom. The fraction of sp³-hybridized carbons (Fsp3) is 0.562. The van der Waals surface area contributed by atoms with Crippen LogP contribution in [0.1, 0.15) is 57.4 Å². The average molecular weight is 247 g/mol. The number of unbranched alkanes of at least 4 members (excludes halogenated alkanes) is 6. The van der Waals surface area contributed by atoms with Crippen LogP contribution in [0.5, 0.6) is 0 Å². The number of benzene rings is 1. The lowest BCUT2D eigenvalue weighted by molar-refractivity contribution is -0.105. The van der Waals surface area contributed by atoms with Gasteiger partial charge in [0.15, 0.2) is 0 Å². The van der Waals surface area contributed by atoms with Gasteiger partial charge in [-0.15, -0.1) is 0 Å². The molecule has 0 heterocycles. The second-order valence-electron chi connectivity index (χ2n) is 4.79. The zero-order chi connectivity index (χ0) is 13.1. The van der Waals surface area contributed by atoms with Crippen LogP contribution in [0.25, 0.3) is 0 Å². The van der Waals surface area contributed by atoms with Crippen molar-refractivity contribution in [1.29, 1.82) is 0 Å². The molecule has 0 aromatic heterocycles. The van der Waals surface area contributed by atoms with Gasteiger partial charge in [-0.2, -0.15) is 0 Å². The van der Waals surface area contributed by atoms with Crippen molar-refractivity contribution in [2.24, 2.45) is 0 Å². The Bertz CT molecular complexity index is 336. The third-order valence-corrected chi connectivity index (χ3v) is 3.28. The highest BCUT2D eigenvalue weighted by atomic mass is 16.1. The minimum atomic E-state index is 0.754. The van der Waals surface area contributed by atoms with Crippen LogP contribution in [-0.2, 0) is 11.2 Å². The van der Waals surface area contributed by atoms with Gasteiger partial charge in [-0.25, -0.2) is 0 Å². The van der Waals surface area contributed by atoms with E-state index >= 15 is 0 Å². The van der Waals surface area contributed by atoms with Crippen LogP contribution in [0.15, 0.2) is 24.3 Å². The Hall–Kier alpha value is -1.31. The van der Waals surface area contributed by atoms with E-state index in [1.54, 1.807) is 0 Å². The second kappa shape index (κ2) is 9.69. The number of hydrogen-bond acceptors (Lipinski definition) is 1. The molecule has 0 spiro atoms. The van der Waals surface area contributed by atoms with Crippen LogP contribution < -0.4 is 5.32 Å². The van der Waals surface area contributed by atoms with Crippen molar-refractivity contribution in [3.05, 3.63) is 29.8 Å². The van der Waals surface area contributed by atoms with Crippen LogP contribution in [0.4, 0.5) is 5.69 Å². The van der Waals surface area contributed by atoms with Crippen molar-refractivity contribution < 1.29 is 4.79 Å². The first-order chi connectivity index (χ1) is 8.88. The Labute approximate surface area is 111 Å². The minimum absolute atomic E-state index is 0.754. The number of anilines is 1. The molecule has 2 nitrogen and oxygen atoms in total. The van der Waals surface area contributed by atoms with Gasteiger partial charge in [-0.3, -0.25) is 4.79 Å². The molecule has 1 N–H and O–H groups in total. The van der Waals surface area contributed by atoms with Gasteiger partial charge in [0, 0.05) is 5.69 Å². The molecule has 1 rings (SSSR count). The van der Waals surface area contributed by atoms with Crippen molar-refractivity contribution in [1.82, 2.24) is 0 Å². The number of para-hydroxylation sites is 1. The molecule has 1 aromatic carbocycles. The van der Waals surface area contributed by atoms with Crippen LogP contribution in [0.3, 0.4) is 0 Å². The van der Waals surface area contributed by atoms with Crippen molar-refractivity contribution in [2.45, 2.75) is 58.3 Å². The number of aryl methyl sites for hydroxylation is 1. The maximum atomic E-state index is 10.5. The third kappa shape index (κ3) is 5.85. The summed E-state index contributed by atoms with van der Waals surface area (Å²) in [6.07, 6.45) is 11.1. The van der Waals surface area contributed by atoms with Crippen molar-refractivity contribution >= 4 is 12.1 Å². The van der Waals surface area contributed by atoms with Crippen molar-refractivity contribution in [3.63, 3.8) is 0 Å². The molecule has 18 heavy (non-hydrogen) atoms. The van der Waals surface area contributed by atoms with Crippen molar-refractivity contribution in [3.8, 4) is 0 Å². The lowest BCUT2D eigenvalue weighted by Gasteiger charge is -2.07. The Morgan fingerprint density at radius 3 is 2.39 bits per heavy atom. The molecule has 0 unspecified atom stereocenters. The van der Waals surface area contributed by atoms with Crippen LogP contribution >= 0.6 is 0 Å². The molecule has 0 saturated carbocycles. The van der Waals surface area contributed by atoms with E-state index in [1.807, 2.05) is 18.2 Å². The van der Waals surface area contributed by atoms with Gasteiger partial charge < -0.3 is 5.32 Å². The molecule has 1 amide bonds. The van der Waals surface area contributed by atoms with Gasteiger partial charge in [0.05, 0.1) is 0 Å². The fourth-order valence-electron chi connectivity index (χ4n) is 2.22. The average Bonchev–Trinajstić information content (AvgIpc) is 2.40. The minimum Gasteiger partial charge on any atom is -0.328 e. The lowest BCUT2D eigenvalue weighted by Crippen LogP contribution is -1.98. The number of nitrogens with one attached hydrogen (secondary N) is 1. The van der Waals surface area contributed by atoms with Gasteiger partial charge in [-0.1, -0.05) is 63.6 Å². The Kier molecular flexibility index (Phi) is 7.94. The molecule has 0 fully saturated rings. The predicted molar refractivity (Wildman–Crippen MR) is 77.8 cm³/mol. The third-order valence-electron chi connectivity index (χ3n) is 3.28. The fourth-order valence-corrected chi connectivity index (χ4v) is 2.22. The number of hydrogen-bond donors (Lipinski definition) is 1. The molecule has 0 atom stereocenters. The van der Waals surface area contributed by atoms with E-state index in [0.29, 0.717) is 0 Å². The molecule has 0 radical (unpaired) electrons. The molecule has 0 aliphatic heterocycles. The van der Waals surface area contributed by atoms with E-state index in [2.05, 4.69) is 18.3 Å². The van der Waals surface area contributed by atoms with Gasteiger partial charge in [-0.05, 0) is 24.5 Å². The first-order valence-electron chi connectivity index (χ1n) is 7.16. The first-order valence-corrected chi connectivity index (χ1v) is 7.16. The Balaban J connectivity index is 2.20. The quantitative estimate of drug-likeness (QED) is 0.477. The maximum Gasteiger partial charge on any atom is 0.211 e. The molecule has 1 aromatic rings. The maximum absolute atomic E-state index is 10.5. The van der Waals surface area contributed by atoms with E-state index in [4.69, 9.17) is 0 Å². The van der Waals surface area contributed by atoms with E-state index in [0.717, 1.165) is 18.5 Å². The van der Waals surface area contributed by atoms with E-state index < -0.39 is 0 Å². The second-order valence-corrected chi connectivity index (χ2v) is 4.79. The van der Waals surface area contributed by atoms with Gasteiger partial charge in [0.1, 0.15) is 0 Å². The molecule has 0 aliphatic carbocycles. The summed E-state index contributed by atoms with van der Waals surface area (Å²) in [5.41, 5.74) is 2.21. The summed E-state index contributed by atoms with van der Waals surface area (Å²) in [5.74, 6) is 0. The summed E-state index contributed by atoms with van der Waals surface area (Å²) in [7, 11) is 0. The highest BCUT2D eigenvalue weighted by molar-refractivity contribution is 5.73. The van der Waals surface area contributed by atoms with Crippen LogP contribution in [0.2, 0.25) is 0 Å². The number of amides is 1. The smallest absolute Gasteiger partial charge is 0.211 e. The van der Waals surface area contributed by atoms with Gasteiger partial charge in [0.2, 0.25) is 6.41 Å².